The van der Waals surface area contributed by atoms with Crippen LogP contribution in [0.4, 0.5) is 11.4 Å². The van der Waals surface area contributed by atoms with E-state index >= 15 is 0 Å². The van der Waals surface area contributed by atoms with Gasteiger partial charge in [-0.1, -0.05) is 115 Å². The normalized spacial score (nSPS) is 15.6. The Morgan fingerprint density at radius 3 is 2.27 bits per heavy atom. The second-order valence-electron chi connectivity index (χ2n) is 13.2. The molecule has 0 fully saturated rings. The molecule has 0 aliphatic heterocycles. The van der Waals surface area contributed by atoms with Crippen molar-refractivity contribution in [3.05, 3.63) is 169 Å². The van der Waals surface area contributed by atoms with Crippen molar-refractivity contribution in [1.29, 1.82) is 0 Å². The Hall–Kier alpha value is -5.90. The molecule has 2 aromatic heterocycles. The number of anilines is 2. The average molecular weight is 644 g/mol. The number of hydrogen-bond acceptors (Lipinski definition) is 3. The zero-order valence-electron chi connectivity index (χ0n) is 26.6. The number of furan rings is 1. The van der Waals surface area contributed by atoms with Gasteiger partial charge in [0.1, 0.15) is 11.2 Å². The van der Waals surface area contributed by atoms with Gasteiger partial charge >= 0.3 is 0 Å². The second-order valence-corrected chi connectivity index (χ2v) is 14.3. The highest BCUT2D eigenvalue weighted by molar-refractivity contribution is 7.26. The van der Waals surface area contributed by atoms with Gasteiger partial charge in [-0.2, -0.15) is 0 Å². The van der Waals surface area contributed by atoms with Crippen LogP contribution >= 0.6 is 11.3 Å². The van der Waals surface area contributed by atoms with E-state index in [4.69, 9.17) is 4.42 Å². The lowest BCUT2D eigenvalue weighted by Gasteiger charge is -2.34. The maximum Gasteiger partial charge on any atom is 0.136 e. The average Bonchev–Trinajstić information content (AvgIpc) is 3.74. The fraction of sp³-hybridized carbons (Fsp3) is 0.0435. The molecule has 9 aromatic rings. The van der Waals surface area contributed by atoms with Crippen molar-refractivity contribution >= 4 is 98.0 Å². The molecule has 0 bridgehead atoms. The Labute approximate surface area is 287 Å². The number of rotatable bonds is 3. The van der Waals surface area contributed by atoms with E-state index < -0.39 is 0 Å². The molecule has 0 saturated carbocycles. The Bertz CT molecular complexity index is 2930. The molecule has 49 heavy (non-hydrogen) atoms. The highest BCUT2D eigenvalue weighted by Crippen LogP contribution is 2.49. The van der Waals surface area contributed by atoms with Gasteiger partial charge < -0.3 is 9.32 Å². The summed E-state index contributed by atoms with van der Waals surface area (Å²) in [4.78, 5) is 2.52. The molecule has 2 aliphatic carbocycles. The minimum atomic E-state index is 0.311. The Kier molecular flexibility index (Phi) is 5.69. The molecule has 3 heteroatoms. The number of benzene rings is 7. The van der Waals surface area contributed by atoms with Crippen molar-refractivity contribution in [3.63, 3.8) is 0 Å². The highest BCUT2D eigenvalue weighted by atomic mass is 32.1. The monoisotopic (exact) mass is 643 g/mol. The van der Waals surface area contributed by atoms with Crippen LogP contribution in [0, 0.1) is 5.92 Å². The van der Waals surface area contributed by atoms with Crippen LogP contribution in [0.3, 0.4) is 0 Å². The Morgan fingerprint density at radius 1 is 0.612 bits per heavy atom. The van der Waals surface area contributed by atoms with Gasteiger partial charge in [-0.3, -0.25) is 0 Å². The molecule has 1 unspecified atom stereocenters. The van der Waals surface area contributed by atoms with Gasteiger partial charge in [-0.25, -0.2) is 0 Å². The molecule has 0 radical (unpaired) electrons. The molecule has 230 valence electrons. The third-order valence-electron chi connectivity index (χ3n) is 10.6. The van der Waals surface area contributed by atoms with Crippen LogP contribution in [0.2, 0.25) is 0 Å². The summed E-state index contributed by atoms with van der Waals surface area (Å²) in [5, 5.41) is 9.99. The SMILES string of the molecule is C1=CC2CC(N(c3ccc4oc5ccc6ccccc6c5c4c3)c3cccc4c3sc3ccc5ccccc5c34)=CC=C2c2ccccc21. The Balaban J connectivity index is 1.18. The first-order valence-corrected chi connectivity index (χ1v) is 17.8. The molecule has 0 spiro atoms. The van der Waals surface area contributed by atoms with Crippen LogP contribution in [0.15, 0.2) is 162 Å². The predicted octanol–water partition coefficient (Wildman–Crippen LogP) is 13.4. The number of allylic oxidation sites excluding steroid dienone is 5. The zero-order valence-corrected chi connectivity index (χ0v) is 27.4. The summed E-state index contributed by atoms with van der Waals surface area (Å²) in [6, 6.07) is 48.6. The van der Waals surface area contributed by atoms with Gasteiger partial charge in [0.15, 0.2) is 0 Å². The van der Waals surface area contributed by atoms with E-state index in [1.807, 2.05) is 11.3 Å². The quantitative estimate of drug-likeness (QED) is 0.190. The van der Waals surface area contributed by atoms with E-state index in [-0.39, 0.29) is 0 Å². The van der Waals surface area contributed by atoms with Crippen LogP contribution in [0.5, 0.6) is 0 Å². The molecular formula is C46H29NOS. The predicted molar refractivity (Wildman–Crippen MR) is 210 cm³/mol. The number of nitrogens with zero attached hydrogens (tertiary/aromatic N) is 1. The summed E-state index contributed by atoms with van der Waals surface area (Å²) in [5.41, 5.74) is 9.50. The Morgan fingerprint density at radius 2 is 1.37 bits per heavy atom. The van der Waals surface area contributed by atoms with Gasteiger partial charge in [0, 0.05) is 43.5 Å². The van der Waals surface area contributed by atoms with Crippen molar-refractivity contribution in [3.8, 4) is 0 Å². The molecule has 11 rings (SSSR count). The van der Waals surface area contributed by atoms with E-state index in [0.717, 1.165) is 28.7 Å². The van der Waals surface area contributed by atoms with Crippen molar-refractivity contribution in [1.82, 2.24) is 0 Å². The summed E-state index contributed by atoms with van der Waals surface area (Å²) >= 11 is 1.90. The first kappa shape index (κ1) is 27.1. The third-order valence-corrected chi connectivity index (χ3v) is 11.8. The van der Waals surface area contributed by atoms with E-state index in [2.05, 4.69) is 163 Å². The van der Waals surface area contributed by atoms with Crippen molar-refractivity contribution in [2.24, 2.45) is 5.92 Å². The molecule has 2 heterocycles. The van der Waals surface area contributed by atoms with E-state index in [1.165, 1.54) is 75.2 Å². The van der Waals surface area contributed by atoms with E-state index in [9.17, 15) is 0 Å². The van der Waals surface area contributed by atoms with Crippen molar-refractivity contribution in [2.45, 2.75) is 6.42 Å². The van der Waals surface area contributed by atoms with Crippen LogP contribution in [0.25, 0.3) is 75.3 Å². The first-order valence-electron chi connectivity index (χ1n) is 16.9. The van der Waals surface area contributed by atoms with Crippen LogP contribution in [-0.2, 0) is 0 Å². The standard InChI is InChI=1S/C46H29NOS/c1-4-11-34-28(8-1)16-17-31-26-32(20-22-35(31)34)47(33-21-24-41-39(27-33)44-36-12-5-2-9-29(36)18-23-42(44)48-41)40-15-7-14-38-45-37-13-6-3-10-30(37)19-25-43(45)49-46(38)40/h1-25,27,31H,26H2. The van der Waals surface area contributed by atoms with Gasteiger partial charge in [0.05, 0.1) is 10.4 Å². The largest absolute Gasteiger partial charge is 0.456 e. The molecule has 2 aliphatic rings. The molecule has 0 amide bonds. The lowest BCUT2D eigenvalue weighted by Crippen LogP contribution is -2.22. The minimum Gasteiger partial charge on any atom is -0.456 e. The second kappa shape index (κ2) is 10.3. The lowest BCUT2D eigenvalue weighted by molar-refractivity contribution is 0.669. The molecule has 0 saturated heterocycles. The van der Waals surface area contributed by atoms with Gasteiger partial charge in [-0.15, -0.1) is 11.3 Å². The third kappa shape index (κ3) is 4.00. The summed E-state index contributed by atoms with van der Waals surface area (Å²) < 4.78 is 9.07. The lowest BCUT2D eigenvalue weighted by atomic mass is 9.79. The molecular weight excluding hydrogens is 615 g/mol. The number of hydrogen-bond donors (Lipinski definition) is 0. The summed E-state index contributed by atoms with van der Waals surface area (Å²) in [6.07, 6.45) is 10.3. The van der Waals surface area contributed by atoms with Crippen molar-refractivity contribution < 1.29 is 4.42 Å². The maximum absolute atomic E-state index is 6.45. The zero-order chi connectivity index (χ0) is 32.1. The molecule has 0 N–H and O–H groups in total. The van der Waals surface area contributed by atoms with Crippen LogP contribution in [-0.4, -0.2) is 0 Å². The summed E-state index contributed by atoms with van der Waals surface area (Å²) in [5.74, 6) is 0.311. The molecule has 1 atom stereocenters. The fourth-order valence-electron chi connectivity index (χ4n) is 8.33. The fourth-order valence-corrected chi connectivity index (χ4v) is 9.55. The summed E-state index contributed by atoms with van der Waals surface area (Å²) in [6.45, 7) is 0. The van der Waals surface area contributed by atoms with Gasteiger partial charge in [0.2, 0.25) is 0 Å². The minimum absolute atomic E-state index is 0.311. The van der Waals surface area contributed by atoms with E-state index in [0.29, 0.717) is 5.92 Å². The van der Waals surface area contributed by atoms with Gasteiger partial charge in [-0.05, 0) is 87.1 Å². The highest BCUT2D eigenvalue weighted by Gasteiger charge is 2.28. The number of fused-ring (bicyclic) bond motifs is 13. The van der Waals surface area contributed by atoms with Gasteiger partial charge in [0.25, 0.3) is 0 Å². The van der Waals surface area contributed by atoms with Crippen molar-refractivity contribution in [2.75, 3.05) is 4.90 Å². The van der Waals surface area contributed by atoms with Crippen LogP contribution in [0.1, 0.15) is 17.5 Å². The molecule has 7 aromatic carbocycles. The van der Waals surface area contributed by atoms with Crippen LogP contribution < -0.4 is 4.90 Å². The summed E-state index contributed by atoms with van der Waals surface area (Å²) in [7, 11) is 0. The first-order chi connectivity index (χ1) is 24.3. The topological polar surface area (TPSA) is 16.4 Å². The number of thiophene rings is 1. The van der Waals surface area contributed by atoms with E-state index in [1.54, 1.807) is 0 Å². The maximum atomic E-state index is 6.45. The smallest absolute Gasteiger partial charge is 0.136 e. The molecule has 2 nitrogen and oxygen atoms in total.